The number of hydrogen-bond acceptors (Lipinski definition) is 3. The van der Waals surface area contributed by atoms with Gasteiger partial charge in [0.1, 0.15) is 0 Å². The van der Waals surface area contributed by atoms with Gasteiger partial charge in [0.2, 0.25) is 0 Å². The van der Waals surface area contributed by atoms with Crippen LogP contribution in [-0.2, 0) is 0 Å². The maximum atomic E-state index is 5.75. The molecule has 0 aromatic heterocycles. The molecule has 3 heteroatoms. The van der Waals surface area contributed by atoms with Crippen LogP contribution in [0.1, 0.15) is 11.6 Å². The van der Waals surface area contributed by atoms with E-state index in [1.807, 2.05) is 18.2 Å². The molecule has 1 aromatic rings. The summed E-state index contributed by atoms with van der Waals surface area (Å²) in [5.74, 6) is 0. The predicted molar refractivity (Wildman–Crippen MR) is 64.8 cm³/mol. The molecular weight excluding hydrogens is 186 g/mol. The van der Waals surface area contributed by atoms with E-state index in [2.05, 4.69) is 36.4 Å². The maximum Gasteiger partial charge on any atom is 0.0444 e. The third kappa shape index (κ3) is 4.42. The quantitative estimate of drug-likeness (QED) is 0.726. The first-order valence-corrected chi connectivity index (χ1v) is 5.37. The van der Waals surface area contributed by atoms with Crippen LogP contribution in [0.3, 0.4) is 0 Å². The van der Waals surface area contributed by atoms with E-state index < -0.39 is 0 Å². The van der Waals surface area contributed by atoms with Crippen molar-refractivity contribution in [2.45, 2.75) is 6.04 Å². The van der Waals surface area contributed by atoms with Crippen LogP contribution in [0.15, 0.2) is 30.3 Å². The fourth-order valence-corrected chi connectivity index (χ4v) is 1.49. The van der Waals surface area contributed by atoms with Crippen molar-refractivity contribution in [2.75, 3.05) is 33.7 Å². The van der Waals surface area contributed by atoms with Gasteiger partial charge in [-0.1, -0.05) is 30.3 Å². The lowest BCUT2D eigenvalue weighted by molar-refractivity contribution is 0.385. The summed E-state index contributed by atoms with van der Waals surface area (Å²) >= 11 is 0. The Morgan fingerprint density at radius 2 is 1.93 bits per heavy atom. The second-order valence-corrected chi connectivity index (χ2v) is 3.96. The number of rotatable bonds is 6. The summed E-state index contributed by atoms with van der Waals surface area (Å²) in [6, 6.07) is 10.6. The van der Waals surface area contributed by atoms with Crippen LogP contribution in [0, 0.1) is 0 Å². The summed E-state index contributed by atoms with van der Waals surface area (Å²) in [4.78, 5) is 2.16. The molecule has 1 aromatic carbocycles. The Labute approximate surface area is 92.3 Å². The average molecular weight is 207 g/mol. The Kier molecular flexibility index (Phi) is 5.32. The van der Waals surface area contributed by atoms with Crippen molar-refractivity contribution in [2.24, 2.45) is 5.73 Å². The topological polar surface area (TPSA) is 41.3 Å². The van der Waals surface area contributed by atoms with Crippen LogP contribution < -0.4 is 11.1 Å². The number of benzene rings is 1. The van der Waals surface area contributed by atoms with Crippen molar-refractivity contribution in [1.82, 2.24) is 10.2 Å². The first-order valence-electron chi connectivity index (χ1n) is 5.37. The molecule has 0 spiro atoms. The molecule has 0 aliphatic rings. The van der Waals surface area contributed by atoms with E-state index in [1.165, 1.54) is 5.56 Å². The molecule has 0 saturated heterocycles. The molecule has 1 atom stereocenters. The zero-order valence-electron chi connectivity index (χ0n) is 9.61. The van der Waals surface area contributed by atoms with E-state index in [4.69, 9.17) is 5.73 Å². The van der Waals surface area contributed by atoms with Crippen molar-refractivity contribution in [3.8, 4) is 0 Å². The van der Waals surface area contributed by atoms with Crippen molar-refractivity contribution < 1.29 is 0 Å². The normalized spacial score (nSPS) is 13.1. The van der Waals surface area contributed by atoms with Gasteiger partial charge in [-0.3, -0.25) is 0 Å². The highest BCUT2D eigenvalue weighted by molar-refractivity contribution is 5.19. The van der Waals surface area contributed by atoms with Gasteiger partial charge in [0.15, 0.2) is 0 Å². The molecule has 0 radical (unpaired) electrons. The van der Waals surface area contributed by atoms with Crippen LogP contribution in [0.4, 0.5) is 0 Å². The van der Waals surface area contributed by atoms with E-state index in [0.717, 1.165) is 13.1 Å². The summed E-state index contributed by atoms with van der Waals surface area (Å²) in [6.45, 7) is 2.63. The molecule has 84 valence electrons. The Morgan fingerprint density at radius 3 is 2.47 bits per heavy atom. The summed E-state index contributed by atoms with van der Waals surface area (Å²) < 4.78 is 0. The molecule has 3 nitrogen and oxygen atoms in total. The van der Waals surface area contributed by atoms with Gasteiger partial charge in [0.05, 0.1) is 0 Å². The summed E-state index contributed by atoms with van der Waals surface area (Å²) in [7, 11) is 4.14. The minimum absolute atomic E-state index is 0.270. The molecule has 0 saturated carbocycles. The molecular formula is C12H21N3. The Bertz CT molecular complexity index is 259. The van der Waals surface area contributed by atoms with E-state index in [0.29, 0.717) is 6.54 Å². The average Bonchev–Trinajstić information content (AvgIpc) is 2.25. The zero-order valence-corrected chi connectivity index (χ0v) is 9.61. The lowest BCUT2D eigenvalue weighted by Gasteiger charge is -2.18. The van der Waals surface area contributed by atoms with Gasteiger partial charge < -0.3 is 16.0 Å². The molecule has 1 unspecified atom stereocenters. The van der Waals surface area contributed by atoms with Crippen molar-refractivity contribution in [1.29, 1.82) is 0 Å². The number of nitrogens with two attached hydrogens (primary N) is 1. The molecule has 0 amide bonds. The van der Waals surface area contributed by atoms with Crippen molar-refractivity contribution in [3.05, 3.63) is 35.9 Å². The molecule has 0 aliphatic heterocycles. The molecule has 1 rings (SSSR count). The second-order valence-electron chi connectivity index (χ2n) is 3.96. The SMILES string of the molecule is CN(C)CCNC(CN)c1ccccc1. The van der Waals surface area contributed by atoms with Crippen LogP contribution in [-0.4, -0.2) is 38.6 Å². The third-order valence-corrected chi connectivity index (χ3v) is 2.39. The predicted octanol–water partition coefficient (Wildman–Crippen LogP) is 0.838. The fraction of sp³-hybridized carbons (Fsp3) is 0.500. The number of likely N-dealkylation sites (N-methyl/N-ethyl adjacent to an activating group) is 1. The van der Waals surface area contributed by atoms with Crippen molar-refractivity contribution in [3.63, 3.8) is 0 Å². The minimum atomic E-state index is 0.270. The van der Waals surface area contributed by atoms with Gasteiger partial charge in [0.25, 0.3) is 0 Å². The molecule has 0 bridgehead atoms. The van der Waals surface area contributed by atoms with Gasteiger partial charge in [-0.25, -0.2) is 0 Å². The summed E-state index contributed by atoms with van der Waals surface area (Å²) in [6.07, 6.45) is 0. The first-order chi connectivity index (χ1) is 7.24. The van der Waals surface area contributed by atoms with Gasteiger partial charge in [-0.05, 0) is 19.7 Å². The van der Waals surface area contributed by atoms with E-state index in [1.54, 1.807) is 0 Å². The summed E-state index contributed by atoms with van der Waals surface area (Å²) in [5.41, 5.74) is 7.01. The van der Waals surface area contributed by atoms with Crippen LogP contribution in [0.5, 0.6) is 0 Å². The highest BCUT2D eigenvalue weighted by Gasteiger charge is 2.07. The van der Waals surface area contributed by atoms with E-state index in [-0.39, 0.29) is 6.04 Å². The zero-order chi connectivity index (χ0) is 11.1. The molecule has 15 heavy (non-hydrogen) atoms. The number of nitrogens with one attached hydrogen (secondary N) is 1. The smallest absolute Gasteiger partial charge is 0.0444 e. The number of nitrogens with zero attached hydrogens (tertiary/aromatic N) is 1. The molecule has 3 N–H and O–H groups in total. The molecule has 0 fully saturated rings. The fourth-order valence-electron chi connectivity index (χ4n) is 1.49. The van der Waals surface area contributed by atoms with Crippen LogP contribution >= 0.6 is 0 Å². The lowest BCUT2D eigenvalue weighted by atomic mass is 10.1. The highest BCUT2D eigenvalue weighted by Crippen LogP contribution is 2.09. The van der Waals surface area contributed by atoms with E-state index in [9.17, 15) is 0 Å². The highest BCUT2D eigenvalue weighted by atomic mass is 15.1. The van der Waals surface area contributed by atoms with Gasteiger partial charge in [-0.2, -0.15) is 0 Å². The van der Waals surface area contributed by atoms with Gasteiger partial charge >= 0.3 is 0 Å². The monoisotopic (exact) mass is 207 g/mol. The largest absolute Gasteiger partial charge is 0.329 e. The Balaban J connectivity index is 2.43. The van der Waals surface area contributed by atoms with Gasteiger partial charge in [0, 0.05) is 25.7 Å². The summed E-state index contributed by atoms with van der Waals surface area (Å²) in [5, 5.41) is 3.45. The lowest BCUT2D eigenvalue weighted by Crippen LogP contribution is -2.33. The second kappa shape index (κ2) is 6.56. The Hall–Kier alpha value is -0.900. The van der Waals surface area contributed by atoms with Gasteiger partial charge in [-0.15, -0.1) is 0 Å². The number of hydrogen-bond donors (Lipinski definition) is 2. The molecule has 0 heterocycles. The maximum absolute atomic E-state index is 5.75. The van der Waals surface area contributed by atoms with Crippen molar-refractivity contribution >= 4 is 0 Å². The molecule has 0 aliphatic carbocycles. The Morgan fingerprint density at radius 1 is 1.27 bits per heavy atom. The third-order valence-electron chi connectivity index (χ3n) is 2.39. The van der Waals surface area contributed by atoms with Crippen LogP contribution in [0.25, 0.3) is 0 Å². The standard InChI is InChI=1S/C12H21N3/c1-15(2)9-8-14-12(10-13)11-6-4-3-5-7-11/h3-7,12,14H,8-10,13H2,1-2H3. The van der Waals surface area contributed by atoms with E-state index >= 15 is 0 Å². The van der Waals surface area contributed by atoms with Crippen LogP contribution in [0.2, 0.25) is 0 Å². The minimum Gasteiger partial charge on any atom is -0.329 e. The first kappa shape index (κ1) is 12.2.